The summed E-state index contributed by atoms with van der Waals surface area (Å²) in [5, 5.41) is 0. The molecule has 0 heterocycles. The molecule has 0 aromatic heterocycles. The molecule has 0 aliphatic rings. The Morgan fingerprint density at radius 1 is 1.44 bits per heavy atom. The van der Waals surface area contributed by atoms with Crippen molar-refractivity contribution < 1.29 is 14.3 Å². The fourth-order valence-corrected chi connectivity index (χ4v) is 0.257. The number of methoxy groups -OCH3 is 1. The highest BCUT2D eigenvalue weighted by atomic mass is 16.5. The summed E-state index contributed by atoms with van der Waals surface area (Å²) in [7, 11) is 1.14. The maximum atomic E-state index is 10.3. The van der Waals surface area contributed by atoms with E-state index < -0.39 is 11.8 Å². The Morgan fingerprint density at radius 3 is 2.33 bits per heavy atom. The number of carbonyl (C=O) groups excluding carboxylic acids is 2. The highest BCUT2D eigenvalue weighted by Crippen LogP contribution is 1.73. The minimum Gasteiger partial charge on any atom is -0.463 e. The topological polar surface area (TPSA) is 43.4 Å². The Balaban J connectivity index is 4.00. The molecule has 9 heavy (non-hydrogen) atoms. The van der Waals surface area contributed by atoms with Crippen molar-refractivity contribution in [1.82, 2.24) is 0 Å². The van der Waals surface area contributed by atoms with Gasteiger partial charge in [0.25, 0.3) is 0 Å². The third kappa shape index (κ3) is 2.50. The molecule has 0 amide bonds. The van der Waals surface area contributed by atoms with Gasteiger partial charge in [0.15, 0.2) is 0 Å². The molecular formula is C6H6O3. The Kier molecular flexibility index (Phi) is 3.14. The van der Waals surface area contributed by atoms with Gasteiger partial charge in [-0.2, -0.15) is 0 Å². The van der Waals surface area contributed by atoms with Crippen LogP contribution in [0.15, 0.2) is 0 Å². The zero-order chi connectivity index (χ0) is 7.28. The highest BCUT2D eigenvalue weighted by Gasteiger charge is 2.08. The first-order chi connectivity index (χ1) is 4.22. The van der Waals surface area contributed by atoms with E-state index in [0.717, 1.165) is 7.11 Å². The second kappa shape index (κ2) is 3.67. The molecule has 0 N–H and O–H groups in total. The Hall–Kier alpha value is -1.30. The molecule has 0 radical (unpaired) electrons. The molecule has 0 rings (SSSR count). The Labute approximate surface area is 53.0 Å². The molecule has 0 saturated heterocycles. The molecule has 0 aromatic carbocycles. The van der Waals surface area contributed by atoms with E-state index in [4.69, 9.17) is 0 Å². The number of ketones is 1. The van der Waals surface area contributed by atoms with Gasteiger partial charge in [-0.25, -0.2) is 4.79 Å². The maximum absolute atomic E-state index is 10.3. The van der Waals surface area contributed by atoms with Gasteiger partial charge in [-0.1, -0.05) is 5.92 Å². The van der Waals surface area contributed by atoms with E-state index in [2.05, 4.69) is 10.7 Å². The SMILES string of the molecule is CC#CC(=O)C(=O)OC. The van der Waals surface area contributed by atoms with Crippen LogP contribution in [0.5, 0.6) is 0 Å². The van der Waals surface area contributed by atoms with E-state index >= 15 is 0 Å². The van der Waals surface area contributed by atoms with E-state index in [0.29, 0.717) is 0 Å². The van der Waals surface area contributed by atoms with Crippen molar-refractivity contribution >= 4 is 11.8 Å². The van der Waals surface area contributed by atoms with Crippen molar-refractivity contribution in [2.45, 2.75) is 6.92 Å². The molecule has 0 aliphatic heterocycles. The van der Waals surface area contributed by atoms with Gasteiger partial charge in [0.2, 0.25) is 0 Å². The van der Waals surface area contributed by atoms with Gasteiger partial charge in [0.1, 0.15) is 0 Å². The molecule has 0 spiro atoms. The molecule has 0 aromatic rings. The standard InChI is InChI=1S/C6H6O3/c1-3-4-5(7)6(8)9-2/h1-2H3. The quantitative estimate of drug-likeness (QED) is 0.210. The normalized spacial score (nSPS) is 6.89. The van der Waals surface area contributed by atoms with Gasteiger partial charge >= 0.3 is 11.8 Å². The third-order valence-electron chi connectivity index (χ3n) is 0.609. The van der Waals surface area contributed by atoms with E-state index in [9.17, 15) is 9.59 Å². The van der Waals surface area contributed by atoms with Crippen LogP contribution in [0.4, 0.5) is 0 Å². The first kappa shape index (κ1) is 7.70. The number of hydrogen-bond acceptors (Lipinski definition) is 3. The summed E-state index contributed by atoms with van der Waals surface area (Å²) in [4.78, 5) is 20.6. The maximum Gasteiger partial charge on any atom is 0.387 e. The van der Waals surface area contributed by atoms with Gasteiger partial charge in [-0.15, -0.1) is 0 Å². The molecule has 0 atom stereocenters. The van der Waals surface area contributed by atoms with Crippen LogP contribution in [-0.2, 0) is 14.3 Å². The van der Waals surface area contributed by atoms with Crippen LogP contribution in [0.3, 0.4) is 0 Å². The average Bonchev–Trinajstić information content (AvgIpc) is 1.87. The minimum absolute atomic E-state index is 0.806. The number of ether oxygens (including phenoxy) is 1. The molecule has 3 nitrogen and oxygen atoms in total. The van der Waals surface area contributed by atoms with Crippen LogP contribution >= 0.6 is 0 Å². The second-order valence-electron chi connectivity index (χ2n) is 1.20. The summed E-state index contributed by atoms with van der Waals surface area (Å²) in [5.41, 5.74) is 0. The molecule has 48 valence electrons. The van der Waals surface area contributed by atoms with Crippen LogP contribution in [-0.4, -0.2) is 18.9 Å². The predicted molar refractivity (Wildman–Crippen MR) is 30.5 cm³/mol. The van der Waals surface area contributed by atoms with Crippen LogP contribution in [0.25, 0.3) is 0 Å². The monoisotopic (exact) mass is 126 g/mol. The van der Waals surface area contributed by atoms with Gasteiger partial charge in [0.05, 0.1) is 7.11 Å². The molecule has 0 aliphatic carbocycles. The molecule has 0 bridgehead atoms. The molecule has 3 heteroatoms. The predicted octanol–water partition coefficient (Wildman–Crippen LogP) is -0.248. The summed E-state index contributed by atoms with van der Waals surface area (Å²) in [6, 6.07) is 0. The summed E-state index contributed by atoms with van der Waals surface area (Å²) in [5.74, 6) is 2.60. The van der Waals surface area contributed by atoms with E-state index in [-0.39, 0.29) is 0 Å². The lowest BCUT2D eigenvalue weighted by atomic mass is 10.4. The minimum atomic E-state index is -0.913. The van der Waals surface area contributed by atoms with Crippen molar-refractivity contribution in [2.75, 3.05) is 7.11 Å². The van der Waals surface area contributed by atoms with Crippen molar-refractivity contribution in [1.29, 1.82) is 0 Å². The lowest BCUT2D eigenvalue weighted by Gasteiger charge is -1.86. The Morgan fingerprint density at radius 2 is 2.00 bits per heavy atom. The largest absolute Gasteiger partial charge is 0.463 e. The van der Waals surface area contributed by atoms with Crippen molar-refractivity contribution in [3.63, 3.8) is 0 Å². The number of Topliss-reactive ketones (excluding diaryl/α,β-unsaturated/α-hetero) is 1. The van der Waals surface area contributed by atoms with Gasteiger partial charge in [-0.3, -0.25) is 4.79 Å². The number of esters is 1. The zero-order valence-electron chi connectivity index (χ0n) is 5.22. The van der Waals surface area contributed by atoms with Crippen LogP contribution in [0, 0.1) is 11.8 Å². The average molecular weight is 126 g/mol. The smallest absolute Gasteiger partial charge is 0.387 e. The molecule has 0 fully saturated rings. The fraction of sp³-hybridized carbons (Fsp3) is 0.333. The van der Waals surface area contributed by atoms with Crippen LogP contribution in [0.1, 0.15) is 6.92 Å². The zero-order valence-corrected chi connectivity index (χ0v) is 5.22. The summed E-state index contributed by atoms with van der Waals surface area (Å²) >= 11 is 0. The van der Waals surface area contributed by atoms with Crippen LogP contribution < -0.4 is 0 Å². The van der Waals surface area contributed by atoms with Crippen molar-refractivity contribution in [3.8, 4) is 11.8 Å². The number of rotatable bonds is 1. The van der Waals surface area contributed by atoms with Gasteiger partial charge in [0, 0.05) is 0 Å². The number of carbonyl (C=O) groups is 2. The lowest BCUT2D eigenvalue weighted by molar-refractivity contribution is -0.149. The first-order valence-electron chi connectivity index (χ1n) is 2.27. The highest BCUT2D eigenvalue weighted by molar-refractivity contribution is 6.40. The summed E-state index contributed by atoms with van der Waals surface area (Å²) in [6.45, 7) is 1.47. The summed E-state index contributed by atoms with van der Waals surface area (Å²) in [6.07, 6.45) is 0. The van der Waals surface area contributed by atoms with Crippen molar-refractivity contribution in [3.05, 3.63) is 0 Å². The Bertz CT molecular complexity index is 182. The first-order valence-corrected chi connectivity index (χ1v) is 2.27. The molecule has 0 unspecified atom stereocenters. The fourth-order valence-electron chi connectivity index (χ4n) is 0.257. The van der Waals surface area contributed by atoms with E-state index in [1.807, 2.05) is 5.92 Å². The van der Waals surface area contributed by atoms with Crippen molar-refractivity contribution in [2.24, 2.45) is 0 Å². The third-order valence-corrected chi connectivity index (χ3v) is 0.609. The second-order valence-corrected chi connectivity index (χ2v) is 1.20. The molecule has 0 saturated carbocycles. The van der Waals surface area contributed by atoms with Gasteiger partial charge in [-0.05, 0) is 12.8 Å². The van der Waals surface area contributed by atoms with E-state index in [1.54, 1.807) is 0 Å². The summed E-state index contributed by atoms with van der Waals surface area (Å²) < 4.78 is 4.07. The molecular weight excluding hydrogens is 120 g/mol. The number of hydrogen-bond donors (Lipinski definition) is 0. The van der Waals surface area contributed by atoms with E-state index in [1.165, 1.54) is 6.92 Å². The lowest BCUT2D eigenvalue weighted by Crippen LogP contribution is -2.12. The van der Waals surface area contributed by atoms with Crippen LogP contribution in [0.2, 0.25) is 0 Å². The van der Waals surface area contributed by atoms with Gasteiger partial charge < -0.3 is 4.74 Å².